The fraction of sp³-hybridized carbons (Fsp3) is 0.125. The molecule has 0 aliphatic heterocycles. The van der Waals surface area contributed by atoms with Crippen molar-refractivity contribution in [1.82, 2.24) is 0 Å². The molecule has 4 rings (SSSR count). The van der Waals surface area contributed by atoms with Crippen LogP contribution in [0.25, 0.3) is 33.2 Å². The summed E-state index contributed by atoms with van der Waals surface area (Å²) in [5.41, 5.74) is 4.48. The van der Waals surface area contributed by atoms with E-state index in [1.165, 1.54) is 11.1 Å². The standard InChI is InChI=1S/C24H21ClNO2.HI/c1-26-21(18-11-7-10-17(12-18)16-8-5-4-6-9-16)13-19-14-22(27-2)23(28-3)15-20(19)24(26)25;/h4-15H,1-3H3;1H/q+1;/p-1. The minimum atomic E-state index is 0. The van der Waals surface area contributed by atoms with Crippen LogP contribution in [0.4, 0.5) is 0 Å². The first-order valence-electron chi connectivity index (χ1n) is 9.02. The van der Waals surface area contributed by atoms with E-state index in [4.69, 9.17) is 21.1 Å². The molecule has 0 aliphatic carbocycles. The number of nitrogens with zero attached hydrogens (tertiary/aromatic N) is 1. The van der Waals surface area contributed by atoms with Gasteiger partial charge in [-0.25, -0.2) is 0 Å². The second-order valence-corrected chi connectivity index (χ2v) is 6.98. The molecule has 0 aliphatic rings. The average Bonchev–Trinajstić information content (AvgIpc) is 2.76. The summed E-state index contributed by atoms with van der Waals surface area (Å²) in [6.07, 6.45) is 0. The van der Waals surface area contributed by atoms with Crippen molar-refractivity contribution in [3.63, 3.8) is 0 Å². The van der Waals surface area contributed by atoms with Crippen molar-refractivity contribution in [3.8, 4) is 33.9 Å². The fourth-order valence-corrected chi connectivity index (χ4v) is 3.74. The zero-order chi connectivity index (χ0) is 19.7. The van der Waals surface area contributed by atoms with Gasteiger partial charge in [0.2, 0.25) is 5.69 Å². The summed E-state index contributed by atoms with van der Waals surface area (Å²) in [6, 6.07) is 24.9. The first-order valence-corrected chi connectivity index (χ1v) is 9.40. The van der Waals surface area contributed by atoms with Gasteiger partial charge in [-0.15, -0.1) is 0 Å². The summed E-state index contributed by atoms with van der Waals surface area (Å²) < 4.78 is 12.9. The van der Waals surface area contributed by atoms with Crippen molar-refractivity contribution in [3.05, 3.63) is 77.9 Å². The second-order valence-electron chi connectivity index (χ2n) is 6.62. The molecular weight excluding hydrogens is 497 g/mol. The van der Waals surface area contributed by atoms with Gasteiger partial charge in [-0.1, -0.05) is 42.5 Å². The number of methoxy groups -OCH3 is 2. The van der Waals surface area contributed by atoms with E-state index in [-0.39, 0.29) is 24.0 Å². The number of pyridine rings is 1. The monoisotopic (exact) mass is 517 g/mol. The van der Waals surface area contributed by atoms with Gasteiger partial charge in [0.25, 0.3) is 5.15 Å². The van der Waals surface area contributed by atoms with Crippen LogP contribution >= 0.6 is 11.6 Å². The van der Waals surface area contributed by atoms with Crippen molar-refractivity contribution >= 4 is 22.4 Å². The van der Waals surface area contributed by atoms with Gasteiger partial charge in [-0.05, 0) is 52.4 Å². The number of fused-ring (bicyclic) bond motifs is 1. The Kier molecular flexibility index (Phi) is 6.65. The molecule has 0 N–H and O–H groups in total. The van der Waals surface area contributed by atoms with Gasteiger partial charge in [-0.2, -0.15) is 4.57 Å². The highest BCUT2D eigenvalue weighted by Crippen LogP contribution is 2.36. The predicted molar refractivity (Wildman–Crippen MR) is 114 cm³/mol. The van der Waals surface area contributed by atoms with Crippen LogP contribution in [0.3, 0.4) is 0 Å². The number of hydrogen-bond donors (Lipinski definition) is 0. The molecule has 3 nitrogen and oxygen atoms in total. The zero-order valence-electron chi connectivity index (χ0n) is 16.4. The number of hydrogen-bond acceptors (Lipinski definition) is 2. The van der Waals surface area contributed by atoms with Gasteiger partial charge in [-0.3, -0.25) is 0 Å². The lowest BCUT2D eigenvalue weighted by Crippen LogP contribution is -3.00. The Bertz CT molecular complexity index is 1160. The predicted octanol–water partition coefficient (Wildman–Crippen LogP) is 2.67. The Morgan fingerprint density at radius 2 is 1.34 bits per heavy atom. The topological polar surface area (TPSA) is 22.3 Å². The maximum Gasteiger partial charge on any atom is 0.283 e. The molecule has 1 heterocycles. The van der Waals surface area contributed by atoms with Gasteiger partial charge in [0.15, 0.2) is 11.5 Å². The minimum Gasteiger partial charge on any atom is -1.00 e. The van der Waals surface area contributed by atoms with E-state index in [2.05, 4.69) is 54.6 Å². The van der Waals surface area contributed by atoms with Crippen LogP contribution in [0.2, 0.25) is 5.15 Å². The van der Waals surface area contributed by atoms with Crippen LogP contribution < -0.4 is 38.0 Å². The summed E-state index contributed by atoms with van der Waals surface area (Å²) in [5, 5.41) is 2.57. The molecule has 0 saturated carbocycles. The van der Waals surface area contributed by atoms with Crippen molar-refractivity contribution in [2.75, 3.05) is 14.2 Å². The normalized spacial score (nSPS) is 10.5. The Hall–Kier alpha value is -2.31. The summed E-state index contributed by atoms with van der Waals surface area (Å²) in [5.74, 6) is 1.35. The molecule has 0 radical (unpaired) electrons. The third kappa shape index (κ3) is 4.05. The van der Waals surface area contributed by atoms with E-state index in [1.807, 2.05) is 29.8 Å². The summed E-state index contributed by atoms with van der Waals surface area (Å²) in [4.78, 5) is 0. The lowest BCUT2D eigenvalue weighted by molar-refractivity contribution is -0.656. The third-order valence-corrected chi connectivity index (χ3v) is 5.45. The van der Waals surface area contributed by atoms with Crippen molar-refractivity contribution in [2.24, 2.45) is 7.05 Å². The summed E-state index contributed by atoms with van der Waals surface area (Å²) in [7, 11) is 5.24. The van der Waals surface area contributed by atoms with Crippen molar-refractivity contribution in [1.29, 1.82) is 0 Å². The molecule has 4 aromatic rings. The first kappa shape index (κ1) is 21.4. The quantitative estimate of drug-likeness (QED) is 0.236. The molecule has 0 unspecified atom stereocenters. The number of halogens is 2. The Morgan fingerprint density at radius 1 is 0.724 bits per heavy atom. The SMILES string of the molecule is COc1cc2cc(-c3cccc(-c4ccccc4)c3)[n+](C)c(Cl)c2cc1OC.[I-]. The fourth-order valence-electron chi connectivity index (χ4n) is 3.49. The highest BCUT2D eigenvalue weighted by atomic mass is 127. The van der Waals surface area contributed by atoms with Gasteiger partial charge in [0, 0.05) is 11.6 Å². The molecule has 0 saturated heterocycles. The number of benzene rings is 3. The number of ether oxygens (including phenoxy) is 2. The van der Waals surface area contributed by atoms with E-state index >= 15 is 0 Å². The van der Waals surface area contributed by atoms with E-state index < -0.39 is 0 Å². The zero-order valence-corrected chi connectivity index (χ0v) is 19.4. The van der Waals surface area contributed by atoms with Crippen LogP contribution in [-0.2, 0) is 7.05 Å². The molecule has 148 valence electrons. The molecule has 5 heteroatoms. The Balaban J connectivity index is 0.00000240. The molecule has 0 fully saturated rings. The van der Waals surface area contributed by atoms with Crippen LogP contribution in [0, 0.1) is 0 Å². The van der Waals surface area contributed by atoms with Gasteiger partial charge < -0.3 is 33.5 Å². The molecule has 0 spiro atoms. The van der Waals surface area contributed by atoms with E-state index in [0.717, 1.165) is 22.0 Å². The molecule has 0 atom stereocenters. The van der Waals surface area contributed by atoms with Gasteiger partial charge in [0.05, 0.1) is 19.6 Å². The molecule has 1 aromatic heterocycles. The molecular formula is C24H21ClINO2. The Morgan fingerprint density at radius 3 is 2.03 bits per heavy atom. The maximum atomic E-state index is 6.73. The molecule has 3 aromatic carbocycles. The number of aromatic nitrogens is 1. The first-order chi connectivity index (χ1) is 13.6. The maximum absolute atomic E-state index is 6.73. The highest BCUT2D eigenvalue weighted by Gasteiger charge is 2.20. The lowest BCUT2D eigenvalue weighted by Gasteiger charge is -2.11. The largest absolute Gasteiger partial charge is 1.00 e. The minimum absolute atomic E-state index is 0. The summed E-state index contributed by atoms with van der Waals surface area (Å²) in [6.45, 7) is 0. The van der Waals surface area contributed by atoms with Crippen LogP contribution in [-0.4, -0.2) is 14.2 Å². The molecule has 29 heavy (non-hydrogen) atoms. The highest BCUT2D eigenvalue weighted by molar-refractivity contribution is 6.33. The second kappa shape index (κ2) is 9.01. The number of rotatable bonds is 4. The Labute approximate surface area is 192 Å². The average molecular weight is 518 g/mol. The van der Waals surface area contributed by atoms with Crippen molar-refractivity contribution in [2.45, 2.75) is 0 Å². The summed E-state index contributed by atoms with van der Waals surface area (Å²) >= 11 is 6.73. The smallest absolute Gasteiger partial charge is 0.283 e. The van der Waals surface area contributed by atoms with Gasteiger partial charge in [0.1, 0.15) is 7.05 Å². The van der Waals surface area contributed by atoms with Crippen LogP contribution in [0.5, 0.6) is 11.5 Å². The molecule has 0 amide bonds. The third-order valence-electron chi connectivity index (χ3n) is 4.99. The van der Waals surface area contributed by atoms with E-state index in [9.17, 15) is 0 Å². The van der Waals surface area contributed by atoms with E-state index in [1.54, 1.807) is 14.2 Å². The molecule has 0 bridgehead atoms. The lowest BCUT2D eigenvalue weighted by atomic mass is 10.0. The van der Waals surface area contributed by atoms with Crippen LogP contribution in [0.15, 0.2) is 72.8 Å². The van der Waals surface area contributed by atoms with Crippen molar-refractivity contribution < 1.29 is 38.0 Å². The van der Waals surface area contributed by atoms with Crippen LogP contribution in [0.1, 0.15) is 0 Å². The van der Waals surface area contributed by atoms with Gasteiger partial charge >= 0.3 is 0 Å². The van der Waals surface area contributed by atoms with E-state index in [0.29, 0.717) is 16.7 Å².